The smallest absolute Gasteiger partial charge is 0.274 e. The van der Waals surface area contributed by atoms with E-state index in [9.17, 15) is 9.59 Å². The van der Waals surface area contributed by atoms with Crippen LogP contribution in [0.25, 0.3) is 0 Å². The SMILES string of the molecule is Cc1ccc(Cl)cc1Nc1nc(C(=O)N2CCCCC2C(=O)NCc2ccco2)cs1. The van der Waals surface area contributed by atoms with Crippen LogP contribution in [-0.2, 0) is 11.3 Å². The number of nitrogens with zero attached hydrogens (tertiary/aromatic N) is 2. The van der Waals surface area contributed by atoms with Crippen LogP contribution in [0.3, 0.4) is 0 Å². The number of halogens is 1. The number of aryl methyl sites for hydroxylation is 1. The Morgan fingerprint density at radius 3 is 3.00 bits per heavy atom. The van der Waals surface area contributed by atoms with Gasteiger partial charge in [-0.25, -0.2) is 4.98 Å². The van der Waals surface area contributed by atoms with Crippen molar-refractivity contribution < 1.29 is 14.0 Å². The molecule has 2 N–H and O–H groups in total. The van der Waals surface area contributed by atoms with Crippen molar-refractivity contribution in [1.82, 2.24) is 15.2 Å². The Kier molecular flexibility index (Phi) is 6.58. The summed E-state index contributed by atoms with van der Waals surface area (Å²) in [5.74, 6) is 0.270. The molecule has 1 fully saturated rings. The molecular formula is C22H23ClN4O3S. The summed E-state index contributed by atoms with van der Waals surface area (Å²) in [4.78, 5) is 32.0. The maximum atomic E-state index is 13.2. The first-order valence-electron chi connectivity index (χ1n) is 10.1. The molecule has 0 bridgehead atoms. The highest BCUT2D eigenvalue weighted by atomic mass is 35.5. The molecule has 1 aromatic carbocycles. The predicted octanol–water partition coefficient (Wildman–Crippen LogP) is 4.75. The zero-order valence-electron chi connectivity index (χ0n) is 17.1. The molecular weight excluding hydrogens is 436 g/mol. The molecule has 1 aliphatic heterocycles. The van der Waals surface area contributed by atoms with Crippen LogP contribution in [0.15, 0.2) is 46.4 Å². The van der Waals surface area contributed by atoms with Crippen LogP contribution in [0.4, 0.5) is 10.8 Å². The Labute approximate surface area is 189 Å². The second-order valence-electron chi connectivity index (χ2n) is 7.43. The fourth-order valence-electron chi connectivity index (χ4n) is 3.57. The molecule has 162 valence electrons. The molecule has 2 amide bonds. The van der Waals surface area contributed by atoms with Crippen LogP contribution in [-0.4, -0.2) is 34.3 Å². The Morgan fingerprint density at radius 1 is 1.32 bits per heavy atom. The number of hydrogen-bond acceptors (Lipinski definition) is 6. The van der Waals surface area contributed by atoms with Crippen LogP contribution in [0, 0.1) is 6.92 Å². The molecule has 2 aromatic heterocycles. The van der Waals surface area contributed by atoms with E-state index in [1.807, 2.05) is 25.1 Å². The van der Waals surface area contributed by atoms with Crippen molar-refractivity contribution in [1.29, 1.82) is 0 Å². The van der Waals surface area contributed by atoms with Crippen LogP contribution in [0.2, 0.25) is 5.02 Å². The number of piperidine rings is 1. The van der Waals surface area contributed by atoms with Gasteiger partial charge in [0.05, 0.1) is 12.8 Å². The zero-order valence-corrected chi connectivity index (χ0v) is 18.6. The largest absolute Gasteiger partial charge is 0.467 e. The Bertz CT molecular complexity index is 1070. The molecule has 4 rings (SSSR count). The summed E-state index contributed by atoms with van der Waals surface area (Å²) < 4.78 is 5.26. The minimum atomic E-state index is -0.510. The van der Waals surface area contributed by atoms with Crippen LogP contribution < -0.4 is 10.6 Å². The number of aromatic nitrogens is 1. The van der Waals surface area contributed by atoms with Crippen molar-refractivity contribution in [2.75, 3.05) is 11.9 Å². The lowest BCUT2D eigenvalue weighted by Crippen LogP contribution is -2.51. The average Bonchev–Trinajstić information content (AvgIpc) is 3.46. The van der Waals surface area contributed by atoms with E-state index in [-0.39, 0.29) is 11.8 Å². The molecule has 0 saturated carbocycles. The lowest BCUT2D eigenvalue weighted by atomic mass is 10.0. The van der Waals surface area contributed by atoms with Gasteiger partial charge in [-0.3, -0.25) is 9.59 Å². The fourth-order valence-corrected chi connectivity index (χ4v) is 4.44. The average molecular weight is 459 g/mol. The van der Waals surface area contributed by atoms with E-state index in [0.29, 0.717) is 41.1 Å². The summed E-state index contributed by atoms with van der Waals surface area (Å²) in [6.45, 7) is 2.80. The van der Waals surface area contributed by atoms with E-state index < -0.39 is 6.04 Å². The number of carbonyl (C=O) groups is 2. The second kappa shape index (κ2) is 9.53. The third-order valence-electron chi connectivity index (χ3n) is 5.25. The van der Waals surface area contributed by atoms with Gasteiger partial charge in [0.1, 0.15) is 17.5 Å². The molecule has 0 radical (unpaired) electrons. The fraction of sp³-hybridized carbons (Fsp3) is 0.318. The van der Waals surface area contributed by atoms with Gasteiger partial charge in [-0.2, -0.15) is 0 Å². The predicted molar refractivity (Wildman–Crippen MR) is 121 cm³/mol. The summed E-state index contributed by atoms with van der Waals surface area (Å²) in [5.41, 5.74) is 2.20. The minimum absolute atomic E-state index is 0.174. The third kappa shape index (κ3) is 5.08. The van der Waals surface area contributed by atoms with Crippen molar-refractivity contribution in [3.05, 3.63) is 64.0 Å². The molecule has 9 heteroatoms. The molecule has 7 nitrogen and oxygen atoms in total. The van der Waals surface area contributed by atoms with Gasteiger partial charge in [-0.05, 0) is 56.0 Å². The molecule has 0 spiro atoms. The Hall–Kier alpha value is -2.84. The van der Waals surface area contributed by atoms with Crippen LogP contribution in [0.5, 0.6) is 0 Å². The number of anilines is 2. The number of benzene rings is 1. The standard InChI is InChI=1S/C22H23ClN4O3S/c1-14-7-8-15(23)11-17(14)25-22-26-18(13-31-22)21(29)27-9-3-2-6-19(27)20(28)24-12-16-5-4-10-30-16/h4-5,7-8,10-11,13,19H,2-3,6,9,12H2,1H3,(H,24,28)(H,25,26). The van der Waals surface area contributed by atoms with Gasteiger partial charge in [0.15, 0.2) is 5.13 Å². The molecule has 1 atom stereocenters. The Balaban J connectivity index is 1.44. The topological polar surface area (TPSA) is 87.5 Å². The van der Waals surface area contributed by atoms with Gasteiger partial charge in [0.2, 0.25) is 5.91 Å². The number of carbonyl (C=O) groups excluding carboxylic acids is 2. The molecule has 1 saturated heterocycles. The Morgan fingerprint density at radius 2 is 2.19 bits per heavy atom. The van der Waals surface area contributed by atoms with Gasteiger partial charge in [0.25, 0.3) is 5.91 Å². The summed E-state index contributed by atoms with van der Waals surface area (Å²) in [7, 11) is 0. The van der Waals surface area contributed by atoms with Gasteiger partial charge in [-0.1, -0.05) is 17.7 Å². The highest BCUT2D eigenvalue weighted by molar-refractivity contribution is 7.14. The maximum absolute atomic E-state index is 13.2. The summed E-state index contributed by atoms with van der Waals surface area (Å²) >= 11 is 7.43. The minimum Gasteiger partial charge on any atom is -0.467 e. The van der Waals surface area contributed by atoms with E-state index >= 15 is 0 Å². The second-order valence-corrected chi connectivity index (χ2v) is 8.72. The monoisotopic (exact) mass is 458 g/mol. The first kappa shape index (κ1) is 21.4. The molecule has 1 unspecified atom stereocenters. The van der Waals surface area contributed by atoms with Gasteiger partial charge in [-0.15, -0.1) is 11.3 Å². The van der Waals surface area contributed by atoms with E-state index in [1.54, 1.807) is 28.7 Å². The molecule has 0 aliphatic carbocycles. The quantitative estimate of drug-likeness (QED) is 0.556. The summed E-state index contributed by atoms with van der Waals surface area (Å²) in [5, 5.41) is 9.04. The van der Waals surface area contributed by atoms with Gasteiger partial charge in [0, 0.05) is 22.6 Å². The zero-order chi connectivity index (χ0) is 21.8. The molecule has 31 heavy (non-hydrogen) atoms. The van der Waals surface area contributed by atoms with Crippen molar-refractivity contribution >= 4 is 45.6 Å². The van der Waals surface area contributed by atoms with E-state index in [0.717, 1.165) is 24.1 Å². The summed E-state index contributed by atoms with van der Waals surface area (Å²) in [6.07, 6.45) is 3.97. The van der Waals surface area contributed by atoms with Crippen molar-refractivity contribution in [2.24, 2.45) is 0 Å². The number of furan rings is 1. The van der Waals surface area contributed by atoms with Crippen molar-refractivity contribution in [2.45, 2.75) is 38.8 Å². The number of nitrogens with one attached hydrogen (secondary N) is 2. The first-order valence-corrected chi connectivity index (χ1v) is 11.4. The van der Waals surface area contributed by atoms with Gasteiger partial charge >= 0.3 is 0 Å². The van der Waals surface area contributed by atoms with Crippen molar-refractivity contribution in [3.63, 3.8) is 0 Å². The van der Waals surface area contributed by atoms with E-state index in [4.69, 9.17) is 16.0 Å². The lowest BCUT2D eigenvalue weighted by Gasteiger charge is -2.34. The number of rotatable bonds is 6. The maximum Gasteiger partial charge on any atom is 0.274 e. The lowest BCUT2D eigenvalue weighted by molar-refractivity contribution is -0.126. The summed E-state index contributed by atoms with van der Waals surface area (Å²) in [6, 6.07) is 8.64. The van der Waals surface area contributed by atoms with Crippen molar-refractivity contribution in [3.8, 4) is 0 Å². The van der Waals surface area contributed by atoms with E-state index in [2.05, 4.69) is 15.6 Å². The molecule has 1 aliphatic rings. The highest BCUT2D eigenvalue weighted by Gasteiger charge is 2.33. The first-order chi connectivity index (χ1) is 15.0. The van der Waals surface area contributed by atoms with Gasteiger partial charge < -0.3 is 20.0 Å². The third-order valence-corrected chi connectivity index (χ3v) is 6.24. The molecule has 3 heterocycles. The number of thiazole rings is 1. The number of hydrogen-bond donors (Lipinski definition) is 2. The normalized spacial score (nSPS) is 16.2. The van der Waals surface area contributed by atoms with E-state index in [1.165, 1.54) is 11.3 Å². The van der Waals surface area contributed by atoms with Crippen LogP contribution in [0.1, 0.15) is 41.1 Å². The highest BCUT2D eigenvalue weighted by Crippen LogP contribution is 2.27. The van der Waals surface area contributed by atoms with Crippen LogP contribution >= 0.6 is 22.9 Å². The number of likely N-dealkylation sites (tertiary alicyclic amines) is 1. The molecule has 3 aromatic rings. The number of amides is 2.